The van der Waals surface area contributed by atoms with Crippen molar-refractivity contribution in [1.82, 2.24) is 19.8 Å². The van der Waals surface area contributed by atoms with Crippen molar-refractivity contribution < 1.29 is 9.59 Å². The van der Waals surface area contributed by atoms with Crippen LogP contribution in [-0.2, 0) is 9.59 Å². The lowest BCUT2D eigenvalue weighted by Crippen LogP contribution is -2.31. The molecule has 6 nitrogen and oxygen atoms in total. The quantitative estimate of drug-likeness (QED) is 0.445. The van der Waals surface area contributed by atoms with Crippen LogP contribution in [0.15, 0.2) is 53.7 Å². The number of hydrogen-bond acceptors (Lipinski definition) is 4. The molecule has 2 heterocycles. The standard InChI is InChI=1S/C23H26N4O2S/c1-17-9-11-18(12-10-17)27-20-7-3-2-6-19(20)25-23(27)30-16-21(28)24-13-5-15-26-14-4-8-22(26)29/h2-3,6-7,9-12H,4-5,8,13-16H2,1H3,(H,24,28). The summed E-state index contributed by atoms with van der Waals surface area (Å²) in [4.78, 5) is 30.6. The van der Waals surface area contributed by atoms with E-state index >= 15 is 0 Å². The minimum absolute atomic E-state index is 0.0183. The number of likely N-dealkylation sites (tertiary alicyclic amines) is 1. The van der Waals surface area contributed by atoms with Gasteiger partial charge in [0.25, 0.3) is 0 Å². The molecule has 0 unspecified atom stereocenters. The summed E-state index contributed by atoms with van der Waals surface area (Å²) in [6.45, 7) is 4.21. The number of carbonyl (C=O) groups excluding carboxylic acids is 2. The van der Waals surface area contributed by atoms with Crippen molar-refractivity contribution >= 4 is 34.6 Å². The second kappa shape index (κ2) is 9.34. The first-order chi connectivity index (χ1) is 14.6. The topological polar surface area (TPSA) is 67.2 Å². The predicted octanol–water partition coefficient (Wildman–Crippen LogP) is 3.55. The highest BCUT2D eigenvalue weighted by molar-refractivity contribution is 7.99. The number of benzene rings is 2. The zero-order valence-electron chi connectivity index (χ0n) is 17.1. The van der Waals surface area contributed by atoms with E-state index in [0.29, 0.717) is 18.7 Å². The van der Waals surface area contributed by atoms with Gasteiger partial charge in [0, 0.05) is 31.7 Å². The van der Waals surface area contributed by atoms with Crippen LogP contribution in [0.2, 0.25) is 0 Å². The summed E-state index contributed by atoms with van der Waals surface area (Å²) in [6.07, 6.45) is 2.39. The van der Waals surface area contributed by atoms with E-state index in [4.69, 9.17) is 4.98 Å². The number of hydrogen-bond donors (Lipinski definition) is 1. The molecular weight excluding hydrogens is 396 g/mol. The van der Waals surface area contributed by atoms with Gasteiger partial charge in [-0.1, -0.05) is 41.6 Å². The van der Waals surface area contributed by atoms with Crippen molar-refractivity contribution in [3.05, 3.63) is 54.1 Å². The zero-order chi connectivity index (χ0) is 20.9. The molecule has 0 atom stereocenters. The Morgan fingerprint density at radius 3 is 2.73 bits per heavy atom. The number of aromatic nitrogens is 2. The molecule has 2 amide bonds. The van der Waals surface area contributed by atoms with Crippen LogP contribution in [0.4, 0.5) is 0 Å². The van der Waals surface area contributed by atoms with Gasteiger partial charge < -0.3 is 10.2 Å². The summed E-state index contributed by atoms with van der Waals surface area (Å²) >= 11 is 1.44. The summed E-state index contributed by atoms with van der Waals surface area (Å²) in [7, 11) is 0. The Bertz CT molecular complexity index is 1050. The highest BCUT2D eigenvalue weighted by Crippen LogP contribution is 2.28. The Balaban J connectivity index is 1.37. The summed E-state index contributed by atoms with van der Waals surface area (Å²) in [6, 6.07) is 16.3. The van der Waals surface area contributed by atoms with E-state index in [1.165, 1.54) is 17.3 Å². The molecule has 0 radical (unpaired) electrons. The molecular formula is C23H26N4O2S. The molecule has 0 aliphatic carbocycles. The number of nitrogens with one attached hydrogen (secondary N) is 1. The van der Waals surface area contributed by atoms with Gasteiger partial charge in [0.05, 0.1) is 16.8 Å². The van der Waals surface area contributed by atoms with Crippen molar-refractivity contribution in [2.45, 2.75) is 31.3 Å². The van der Waals surface area contributed by atoms with Crippen molar-refractivity contribution in [2.75, 3.05) is 25.4 Å². The summed E-state index contributed by atoms with van der Waals surface area (Å²) in [5.74, 6) is 0.514. The van der Waals surface area contributed by atoms with Gasteiger partial charge in [-0.2, -0.15) is 0 Å². The molecule has 1 N–H and O–H groups in total. The normalized spacial score (nSPS) is 13.9. The highest BCUT2D eigenvalue weighted by Gasteiger charge is 2.19. The largest absolute Gasteiger partial charge is 0.355 e. The third-order valence-corrected chi connectivity index (χ3v) is 6.19. The lowest BCUT2D eigenvalue weighted by Gasteiger charge is -2.15. The van der Waals surface area contributed by atoms with E-state index in [9.17, 15) is 9.59 Å². The van der Waals surface area contributed by atoms with Crippen molar-refractivity contribution in [2.24, 2.45) is 0 Å². The van der Waals surface area contributed by atoms with Crippen LogP contribution in [0.1, 0.15) is 24.8 Å². The SMILES string of the molecule is Cc1ccc(-n2c(SCC(=O)NCCCN3CCCC3=O)nc3ccccc32)cc1. The summed E-state index contributed by atoms with van der Waals surface area (Å²) in [5, 5.41) is 3.76. The molecule has 0 bridgehead atoms. The average Bonchev–Trinajstić information content (AvgIpc) is 3.33. The Morgan fingerprint density at radius 1 is 1.17 bits per heavy atom. The summed E-state index contributed by atoms with van der Waals surface area (Å²) < 4.78 is 2.10. The smallest absolute Gasteiger partial charge is 0.230 e. The molecule has 0 saturated carbocycles. The highest BCUT2D eigenvalue weighted by atomic mass is 32.2. The molecule has 4 rings (SSSR count). The molecule has 1 aliphatic rings. The first-order valence-electron chi connectivity index (χ1n) is 10.3. The molecule has 1 aliphatic heterocycles. The maximum atomic E-state index is 12.3. The van der Waals surface area contributed by atoms with Gasteiger partial charge >= 0.3 is 0 Å². The van der Waals surface area contributed by atoms with Crippen LogP contribution in [0.25, 0.3) is 16.7 Å². The fourth-order valence-electron chi connectivity index (χ4n) is 3.66. The fraction of sp³-hybridized carbons (Fsp3) is 0.348. The third-order valence-electron chi connectivity index (χ3n) is 5.25. The average molecular weight is 423 g/mol. The van der Waals surface area contributed by atoms with Crippen LogP contribution in [0.3, 0.4) is 0 Å². The molecule has 30 heavy (non-hydrogen) atoms. The summed E-state index contributed by atoms with van der Waals surface area (Å²) in [5.41, 5.74) is 4.18. The van der Waals surface area contributed by atoms with Crippen LogP contribution in [0, 0.1) is 6.92 Å². The number of amides is 2. The van der Waals surface area contributed by atoms with Crippen LogP contribution in [0.5, 0.6) is 0 Å². The van der Waals surface area contributed by atoms with Crippen LogP contribution in [-0.4, -0.2) is 51.7 Å². The van der Waals surface area contributed by atoms with Gasteiger partial charge in [-0.3, -0.25) is 14.2 Å². The van der Waals surface area contributed by atoms with E-state index in [-0.39, 0.29) is 11.8 Å². The Morgan fingerprint density at radius 2 is 1.97 bits per heavy atom. The second-order valence-electron chi connectivity index (χ2n) is 7.53. The maximum absolute atomic E-state index is 12.3. The van der Waals surface area contributed by atoms with Crippen LogP contribution < -0.4 is 5.32 Å². The Hall–Kier alpha value is -2.80. The number of imidazole rings is 1. The molecule has 2 aromatic carbocycles. The molecule has 3 aromatic rings. The number of aryl methyl sites for hydroxylation is 1. The van der Waals surface area contributed by atoms with E-state index in [1.54, 1.807) is 0 Å². The molecule has 1 fully saturated rings. The molecule has 0 spiro atoms. The number of fused-ring (bicyclic) bond motifs is 1. The molecule has 1 aromatic heterocycles. The van der Waals surface area contributed by atoms with E-state index in [0.717, 1.165) is 47.8 Å². The van der Waals surface area contributed by atoms with E-state index < -0.39 is 0 Å². The van der Waals surface area contributed by atoms with Crippen molar-refractivity contribution in [3.8, 4) is 5.69 Å². The van der Waals surface area contributed by atoms with Gasteiger partial charge in [-0.15, -0.1) is 0 Å². The van der Waals surface area contributed by atoms with E-state index in [2.05, 4.69) is 41.1 Å². The van der Waals surface area contributed by atoms with Gasteiger partial charge in [-0.25, -0.2) is 4.98 Å². The van der Waals surface area contributed by atoms with Crippen molar-refractivity contribution in [3.63, 3.8) is 0 Å². The maximum Gasteiger partial charge on any atom is 0.230 e. The zero-order valence-corrected chi connectivity index (χ0v) is 18.0. The first kappa shape index (κ1) is 20.5. The van der Waals surface area contributed by atoms with Crippen LogP contribution >= 0.6 is 11.8 Å². The first-order valence-corrected chi connectivity index (χ1v) is 11.3. The number of nitrogens with zero attached hydrogens (tertiary/aromatic N) is 3. The fourth-order valence-corrected chi connectivity index (χ4v) is 4.52. The third kappa shape index (κ3) is 4.67. The minimum Gasteiger partial charge on any atom is -0.355 e. The second-order valence-corrected chi connectivity index (χ2v) is 8.47. The predicted molar refractivity (Wildman–Crippen MR) is 120 cm³/mol. The molecule has 7 heteroatoms. The number of para-hydroxylation sites is 2. The minimum atomic E-state index is -0.0183. The monoisotopic (exact) mass is 422 g/mol. The number of rotatable bonds is 8. The van der Waals surface area contributed by atoms with E-state index in [1.807, 2.05) is 29.2 Å². The molecule has 156 valence electrons. The number of thioether (sulfide) groups is 1. The van der Waals surface area contributed by atoms with Gasteiger partial charge in [-0.05, 0) is 44.0 Å². The lowest BCUT2D eigenvalue weighted by atomic mass is 10.2. The van der Waals surface area contributed by atoms with Crippen molar-refractivity contribution in [1.29, 1.82) is 0 Å². The van der Waals surface area contributed by atoms with Gasteiger partial charge in [0.15, 0.2) is 5.16 Å². The van der Waals surface area contributed by atoms with Gasteiger partial charge in [0.1, 0.15) is 0 Å². The lowest BCUT2D eigenvalue weighted by molar-refractivity contribution is -0.127. The number of carbonyl (C=O) groups is 2. The molecule has 1 saturated heterocycles. The Kier molecular flexibility index (Phi) is 6.38. The Labute approximate surface area is 180 Å². The van der Waals surface area contributed by atoms with Gasteiger partial charge in [0.2, 0.25) is 11.8 Å².